The topological polar surface area (TPSA) is 92.7 Å². The highest BCUT2D eigenvalue weighted by molar-refractivity contribution is 7.85. The van der Waals surface area contributed by atoms with Crippen LogP contribution in [0, 0.1) is 0 Å². The zero-order chi connectivity index (χ0) is 15.9. The maximum absolute atomic E-state index is 12.1. The zero-order valence-electron chi connectivity index (χ0n) is 12.1. The Morgan fingerprint density at radius 3 is 2.68 bits per heavy atom. The number of rotatable bonds is 7. The summed E-state index contributed by atoms with van der Waals surface area (Å²) in [6.45, 7) is 0.522. The van der Waals surface area contributed by atoms with Gasteiger partial charge in [-0.1, -0.05) is 18.2 Å². The SMILES string of the molecule is O=C(O)[C@@H](CC[S@](=O)c1ccccc1)NC(=O)[C@H]1CCCO1. The summed E-state index contributed by atoms with van der Waals surface area (Å²) in [6, 6.07) is 7.79. The Bertz CT molecular complexity index is 542. The molecule has 1 aliphatic rings. The van der Waals surface area contributed by atoms with Crippen LogP contribution in [0.3, 0.4) is 0 Å². The number of nitrogens with one attached hydrogen (secondary N) is 1. The summed E-state index contributed by atoms with van der Waals surface area (Å²) in [5.74, 6) is -1.36. The van der Waals surface area contributed by atoms with Gasteiger partial charge in [0, 0.05) is 17.3 Å². The summed E-state index contributed by atoms with van der Waals surface area (Å²) in [6.07, 6.45) is 0.943. The fourth-order valence-electron chi connectivity index (χ4n) is 2.22. The van der Waals surface area contributed by atoms with Gasteiger partial charge in [0.2, 0.25) is 5.91 Å². The second-order valence-corrected chi connectivity index (χ2v) is 6.62. The van der Waals surface area contributed by atoms with Gasteiger partial charge in [-0.3, -0.25) is 9.00 Å². The van der Waals surface area contributed by atoms with Crippen molar-refractivity contribution in [1.29, 1.82) is 0 Å². The van der Waals surface area contributed by atoms with Gasteiger partial charge in [-0.25, -0.2) is 4.79 Å². The van der Waals surface area contributed by atoms with Crippen molar-refractivity contribution in [1.82, 2.24) is 5.32 Å². The van der Waals surface area contributed by atoms with Gasteiger partial charge in [0.25, 0.3) is 0 Å². The van der Waals surface area contributed by atoms with E-state index >= 15 is 0 Å². The van der Waals surface area contributed by atoms with Crippen molar-refractivity contribution < 1.29 is 23.6 Å². The molecule has 0 aliphatic carbocycles. The molecule has 3 atom stereocenters. The van der Waals surface area contributed by atoms with Crippen LogP contribution in [0.15, 0.2) is 35.2 Å². The summed E-state index contributed by atoms with van der Waals surface area (Å²) in [5, 5.41) is 11.7. The molecule has 0 saturated carbocycles. The van der Waals surface area contributed by atoms with E-state index in [4.69, 9.17) is 4.74 Å². The average molecular weight is 325 g/mol. The number of amides is 1. The number of carbonyl (C=O) groups excluding carboxylic acids is 1. The second kappa shape index (κ2) is 8.05. The maximum atomic E-state index is 12.1. The number of aliphatic carboxylic acids is 1. The largest absolute Gasteiger partial charge is 0.480 e. The number of carbonyl (C=O) groups is 2. The first-order valence-corrected chi connectivity index (χ1v) is 8.48. The van der Waals surface area contributed by atoms with Crippen LogP contribution in [0.25, 0.3) is 0 Å². The van der Waals surface area contributed by atoms with Gasteiger partial charge in [0.1, 0.15) is 12.1 Å². The van der Waals surface area contributed by atoms with Crippen LogP contribution in [0.1, 0.15) is 19.3 Å². The van der Waals surface area contributed by atoms with E-state index in [9.17, 15) is 18.9 Å². The van der Waals surface area contributed by atoms with Crippen LogP contribution in [0.4, 0.5) is 0 Å². The third kappa shape index (κ3) is 4.64. The number of carboxylic acids is 1. The van der Waals surface area contributed by atoms with Crippen molar-refractivity contribution in [3.05, 3.63) is 30.3 Å². The Hall–Kier alpha value is -1.73. The highest BCUT2D eigenvalue weighted by atomic mass is 32.2. The van der Waals surface area contributed by atoms with Crippen LogP contribution in [-0.2, 0) is 25.1 Å². The lowest BCUT2D eigenvalue weighted by molar-refractivity contribution is -0.143. The Kier molecular flexibility index (Phi) is 6.09. The molecule has 0 spiro atoms. The molecule has 6 nitrogen and oxygen atoms in total. The molecule has 1 amide bonds. The lowest BCUT2D eigenvalue weighted by atomic mass is 10.2. The number of hydrogen-bond acceptors (Lipinski definition) is 4. The molecule has 7 heteroatoms. The Labute approximate surface area is 131 Å². The van der Waals surface area contributed by atoms with E-state index in [1.165, 1.54) is 0 Å². The molecule has 1 saturated heterocycles. The monoisotopic (exact) mass is 325 g/mol. The lowest BCUT2D eigenvalue weighted by Gasteiger charge is -2.17. The summed E-state index contributed by atoms with van der Waals surface area (Å²) in [4.78, 5) is 23.8. The molecule has 2 rings (SSSR count). The van der Waals surface area contributed by atoms with Crippen molar-refractivity contribution in [2.45, 2.75) is 36.3 Å². The molecular formula is C15H19NO5S. The summed E-state index contributed by atoms with van der Waals surface area (Å²) >= 11 is 0. The van der Waals surface area contributed by atoms with E-state index in [1.54, 1.807) is 24.3 Å². The predicted molar refractivity (Wildman–Crippen MR) is 80.9 cm³/mol. The van der Waals surface area contributed by atoms with Crippen LogP contribution in [-0.4, -0.2) is 45.7 Å². The van der Waals surface area contributed by atoms with E-state index in [0.29, 0.717) is 17.9 Å². The third-order valence-electron chi connectivity index (χ3n) is 3.43. The Morgan fingerprint density at radius 2 is 2.09 bits per heavy atom. The maximum Gasteiger partial charge on any atom is 0.326 e. The average Bonchev–Trinajstić information content (AvgIpc) is 3.06. The minimum Gasteiger partial charge on any atom is -0.480 e. The molecule has 0 radical (unpaired) electrons. The predicted octanol–water partition coefficient (Wildman–Crippen LogP) is 0.933. The second-order valence-electron chi connectivity index (χ2n) is 5.05. The summed E-state index contributed by atoms with van der Waals surface area (Å²) in [7, 11) is -1.28. The highest BCUT2D eigenvalue weighted by Crippen LogP contribution is 2.13. The number of ether oxygens (including phenoxy) is 1. The van der Waals surface area contributed by atoms with Crippen LogP contribution < -0.4 is 5.32 Å². The molecule has 1 fully saturated rings. The van der Waals surface area contributed by atoms with Crippen molar-refractivity contribution in [2.75, 3.05) is 12.4 Å². The van der Waals surface area contributed by atoms with E-state index in [0.717, 1.165) is 6.42 Å². The molecule has 22 heavy (non-hydrogen) atoms. The lowest BCUT2D eigenvalue weighted by Crippen LogP contribution is -2.45. The minimum atomic E-state index is -1.28. The summed E-state index contributed by atoms with van der Waals surface area (Å²) in [5.41, 5.74) is 0. The van der Waals surface area contributed by atoms with Gasteiger partial charge in [0.05, 0.1) is 10.8 Å². The molecule has 1 aromatic rings. The Balaban J connectivity index is 1.87. The fraction of sp³-hybridized carbons (Fsp3) is 0.467. The first kappa shape index (κ1) is 16.6. The van der Waals surface area contributed by atoms with Gasteiger partial charge in [-0.2, -0.15) is 0 Å². The molecule has 1 aliphatic heterocycles. The van der Waals surface area contributed by atoms with E-state index < -0.39 is 34.8 Å². The fourth-order valence-corrected chi connectivity index (χ4v) is 3.37. The molecule has 0 bridgehead atoms. The van der Waals surface area contributed by atoms with Crippen molar-refractivity contribution in [2.24, 2.45) is 0 Å². The van der Waals surface area contributed by atoms with Crippen molar-refractivity contribution >= 4 is 22.7 Å². The number of hydrogen-bond donors (Lipinski definition) is 2. The third-order valence-corrected chi connectivity index (χ3v) is 4.84. The summed E-state index contributed by atoms with van der Waals surface area (Å²) < 4.78 is 17.3. The van der Waals surface area contributed by atoms with Gasteiger partial charge in [-0.05, 0) is 31.4 Å². The van der Waals surface area contributed by atoms with Crippen LogP contribution >= 0.6 is 0 Å². The molecule has 1 heterocycles. The van der Waals surface area contributed by atoms with Crippen LogP contribution in [0.2, 0.25) is 0 Å². The van der Waals surface area contributed by atoms with Crippen molar-refractivity contribution in [3.8, 4) is 0 Å². The smallest absolute Gasteiger partial charge is 0.326 e. The standard InChI is InChI=1S/C15H19NO5S/c17-14(13-7-4-9-21-13)16-12(15(18)19)8-10-22(20)11-5-2-1-3-6-11/h1-3,5-6,12-13H,4,7-10H2,(H,16,17)(H,18,19)/t12-,13-,22+/m1/s1. The zero-order valence-corrected chi connectivity index (χ0v) is 12.9. The van der Waals surface area contributed by atoms with Crippen LogP contribution in [0.5, 0.6) is 0 Å². The van der Waals surface area contributed by atoms with Gasteiger partial charge in [0.15, 0.2) is 0 Å². The normalized spacial score (nSPS) is 20.3. The Morgan fingerprint density at radius 1 is 1.36 bits per heavy atom. The molecule has 0 aromatic heterocycles. The molecule has 0 unspecified atom stereocenters. The van der Waals surface area contributed by atoms with Crippen molar-refractivity contribution in [3.63, 3.8) is 0 Å². The first-order valence-electron chi connectivity index (χ1n) is 7.16. The quantitative estimate of drug-likeness (QED) is 0.778. The van der Waals surface area contributed by atoms with Gasteiger partial charge < -0.3 is 15.2 Å². The number of benzene rings is 1. The minimum absolute atomic E-state index is 0.106. The highest BCUT2D eigenvalue weighted by Gasteiger charge is 2.28. The van der Waals surface area contributed by atoms with E-state index in [2.05, 4.69) is 5.32 Å². The van der Waals surface area contributed by atoms with E-state index in [1.807, 2.05) is 6.07 Å². The molecular weight excluding hydrogens is 306 g/mol. The molecule has 120 valence electrons. The first-order chi connectivity index (χ1) is 10.6. The molecule has 1 aromatic carbocycles. The van der Waals surface area contributed by atoms with E-state index in [-0.39, 0.29) is 12.2 Å². The van der Waals surface area contributed by atoms with Gasteiger partial charge in [-0.15, -0.1) is 0 Å². The molecule has 2 N–H and O–H groups in total. The van der Waals surface area contributed by atoms with Gasteiger partial charge >= 0.3 is 5.97 Å². The number of carboxylic acid groups (broad SMARTS) is 1.